The Balaban J connectivity index is 2.08. The van der Waals surface area contributed by atoms with E-state index in [1.165, 1.54) is 14.3 Å². The van der Waals surface area contributed by atoms with Crippen molar-refractivity contribution in [3.63, 3.8) is 0 Å². The molecule has 7 nitrogen and oxygen atoms in total. The number of aryl methyl sites for hydroxylation is 1. The van der Waals surface area contributed by atoms with E-state index in [1.54, 1.807) is 11.3 Å². The van der Waals surface area contributed by atoms with Gasteiger partial charge >= 0.3 is 5.69 Å². The quantitative estimate of drug-likeness (QED) is 0.666. The number of hydrogen-bond acceptors (Lipinski definition) is 5. The Kier molecular flexibility index (Phi) is 7.18. The second-order valence-corrected chi connectivity index (χ2v) is 9.36. The Morgan fingerprint density at radius 3 is 2.73 bits per heavy atom. The highest BCUT2D eigenvalue weighted by atomic mass is 32.1. The molecular weight excluding hydrogens is 400 g/mol. The largest absolute Gasteiger partial charge is 0.383 e. The number of thiophene rings is 1. The van der Waals surface area contributed by atoms with Crippen molar-refractivity contribution in [2.24, 2.45) is 5.92 Å². The predicted octanol–water partition coefficient (Wildman–Crippen LogP) is 3.55. The maximum Gasteiger partial charge on any atom is 0.330 e. The zero-order valence-corrected chi connectivity index (χ0v) is 18.9. The van der Waals surface area contributed by atoms with Crippen LogP contribution in [-0.4, -0.2) is 22.0 Å². The number of nitrogens with zero attached hydrogens (tertiary/aromatic N) is 2. The number of rotatable bonds is 8. The van der Waals surface area contributed by atoms with Gasteiger partial charge in [-0.05, 0) is 50.0 Å². The molecule has 1 aliphatic carbocycles. The molecule has 2 heterocycles. The van der Waals surface area contributed by atoms with E-state index in [0.717, 1.165) is 50.5 Å². The van der Waals surface area contributed by atoms with Crippen molar-refractivity contribution in [3.05, 3.63) is 42.2 Å². The van der Waals surface area contributed by atoms with Gasteiger partial charge in [-0.15, -0.1) is 11.3 Å². The fourth-order valence-corrected chi connectivity index (χ4v) is 5.02. The van der Waals surface area contributed by atoms with Gasteiger partial charge in [-0.3, -0.25) is 19.1 Å². The zero-order valence-electron chi connectivity index (χ0n) is 18.1. The molecule has 0 aromatic carbocycles. The third-order valence-electron chi connectivity index (χ3n) is 5.69. The highest BCUT2D eigenvalue weighted by molar-refractivity contribution is 7.10. The Morgan fingerprint density at radius 2 is 2.03 bits per heavy atom. The van der Waals surface area contributed by atoms with E-state index in [1.807, 2.05) is 12.3 Å². The molecule has 0 radical (unpaired) electrons. The van der Waals surface area contributed by atoms with Gasteiger partial charge in [-0.2, -0.15) is 0 Å². The first-order valence-corrected chi connectivity index (χ1v) is 11.8. The van der Waals surface area contributed by atoms with Crippen molar-refractivity contribution in [2.75, 3.05) is 17.2 Å². The van der Waals surface area contributed by atoms with Gasteiger partial charge < -0.3 is 10.6 Å². The smallest absolute Gasteiger partial charge is 0.330 e. The zero-order chi connectivity index (χ0) is 21.8. The summed E-state index contributed by atoms with van der Waals surface area (Å²) < 4.78 is 1.37. The molecule has 2 aromatic rings. The second kappa shape index (κ2) is 9.64. The van der Waals surface area contributed by atoms with Crippen LogP contribution in [0.25, 0.3) is 0 Å². The summed E-state index contributed by atoms with van der Waals surface area (Å²) in [4.78, 5) is 43.9. The molecule has 0 bridgehead atoms. The Labute approximate surface area is 180 Å². The van der Waals surface area contributed by atoms with E-state index in [9.17, 15) is 14.4 Å². The molecule has 0 saturated heterocycles. The summed E-state index contributed by atoms with van der Waals surface area (Å²) in [5.41, 5.74) is 7.05. The van der Waals surface area contributed by atoms with Crippen LogP contribution >= 0.6 is 11.3 Å². The number of nitrogens with one attached hydrogen (secondary N) is 1. The molecule has 0 aliphatic heterocycles. The Hall–Kier alpha value is -2.35. The third kappa shape index (κ3) is 4.53. The molecule has 0 spiro atoms. The van der Waals surface area contributed by atoms with Gasteiger partial charge in [0.05, 0.1) is 5.56 Å². The van der Waals surface area contributed by atoms with Crippen LogP contribution in [0.1, 0.15) is 73.7 Å². The first kappa shape index (κ1) is 22.3. The molecule has 8 heteroatoms. The number of H-pyrrole nitrogens is 1. The molecule has 3 N–H and O–H groups in total. The summed E-state index contributed by atoms with van der Waals surface area (Å²) >= 11 is 1.62. The fraction of sp³-hybridized carbons (Fsp3) is 0.591. The third-order valence-corrected chi connectivity index (χ3v) is 6.77. The molecule has 164 valence electrons. The molecule has 0 fully saturated rings. The normalized spacial score (nSPS) is 13.5. The number of nitrogen functional groups attached to an aromatic ring is 1. The number of nitrogens with two attached hydrogens (primary N) is 1. The molecule has 0 saturated carbocycles. The minimum atomic E-state index is -0.605. The lowest BCUT2D eigenvalue weighted by Crippen LogP contribution is -2.42. The summed E-state index contributed by atoms with van der Waals surface area (Å²) in [5, 5.41) is 1.91. The fourth-order valence-electron chi connectivity index (χ4n) is 3.90. The number of carbonyl (C=O) groups is 1. The highest BCUT2D eigenvalue weighted by Crippen LogP contribution is 2.32. The van der Waals surface area contributed by atoms with Crippen molar-refractivity contribution in [1.29, 1.82) is 0 Å². The lowest BCUT2D eigenvalue weighted by atomic mass is 9.95. The summed E-state index contributed by atoms with van der Waals surface area (Å²) in [6.07, 6.45) is 6.48. The van der Waals surface area contributed by atoms with Crippen LogP contribution in [-0.2, 0) is 19.4 Å². The number of aromatic amines is 1. The predicted molar refractivity (Wildman–Crippen MR) is 123 cm³/mol. The van der Waals surface area contributed by atoms with Crippen LogP contribution in [0, 0.1) is 5.92 Å². The maximum absolute atomic E-state index is 13.6. The number of hydrogen-bond donors (Lipinski definition) is 2. The van der Waals surface area contributed by atoms with Crippen molar-refractivity contribution in [3.8, 4) is 0 Å². The van der Waals surface area contributed by atoms with Crippen molar-refractivity contribution < 1.29 is 4.79 Å². The van der Waals surface area contributed by atoms with Crippen LogP contribution in [0.3, 0.4) is 0 Å². The summed E-state index contributed by atoms with van der Waals surface area (Å²) in [5.74, 6) is 0.217. The SMILES string of the molecule is CCCCn1c(N)c(N(CCC(C)C)C(=O)c2csc3c2CCCC3)c(=O)[nH]c1=O. The number of fused-ring (bicyclic) bond motifs is 1. The number of unbranched alkanes of at least 4 members (excludes halogenated alkanes) is 1. The summed E-state index contributed by atoms with van der Waals surface area (Å²) in [6, 6.07) is 0. The van der Waals surface area contributed by atoms with E-state index in [4.69, 9.17) is 5.73 Å². The van der Waals surface area contributed by atoms with Gasteiger partial charge in [-0.25, -0.2) is 4.79 Å². The van der Waals surface area contributed by atoms with Crippen LogP contribution in [0.2, 0.25) is 0 Å². The molecule has 1 aliphatic rings. The van der Waals surface area contributed by atoms with Crippen molar-refractivity contribution in [2.45, 2.75) is 72.3 Å². The number of anilines is 2. The average Bonchev–Trinajstić information content (AvgIpc) is 3.13. The molecule has 1 amide bonds. The van der Waals surface area contributed by atoms with E-state index in [2.05, 4.69) is 18.8 Å². The molecule has 0 atom stereocenters. The van der Waals surface area contributed by atoms with E-state index >= 15 is 0 Å². The van der Waals surface area contributed by atoms with Crippen LogP contribution in [0.5, 0.6) is 0 Å². The Bertz CT molecular complexity index is 1020. The van der Waals surface area contributed by atoms with Crippen LogP contribution in [0.4, 0.5) is 11.5 Å². The molecule has 30 heavy (non-hydrogen) atoms. The number of aromatic nitrogens is 2. The molecule has 2 aromatic heterocycles. The number of amides is 1. The monoisotopic (exact) mass is 432 g/mol. The van der Waals surface area contributed by atoms with Gasteiger partial charge in [0.1, 0.15) is 5.82 Å². The first-order valence-electron chi connectivity index (χ1n) is 10.9. The minimum Gasteiger partial charge on any atom is -0.383 e. The Morgan fingerprint density at radius 1 is 1.30 bits per heavy atom. The standard InChI is InChI=1S/C22H32N4O3S/c1-4-5-11-26-19(23)18(20(27)24-22(26)29)25(12-10-14(2)3)21(28)16-13-30-17-9-7-6-8-15(16)17/h13-14H,4-12,23H2,1-3H3,(H,24,27,29). The first-order chi connectivity index (χ1) is 14.3. The highest BCUT2D eigenvalue weighted by Gasteiger charge is 2.29. The summed E-state index contributed by atoms with van der Waals surface area (Å²) in [6.45, 7) is 6.95. The van der Waals surface area contributed by atoms with Gasteiger partial charge in [0, 0.05) is 23.3 Å². The van der Waals surface area contributed by atoms with Crippen molar-refractivity contribution >= 4 is 28.7 Å². The second-order valence-electron chi connectivity index (χ2n) is 8.40. The van der Waals surface area contributed by atoms with E-state index in [0.29, 0.717) is 24.6 Å². The van der Waals surface area contributed by atoms with Crippen LogP contribution < -0.4 is 21.9 Å². The summed E-state index contributed by atoms with van der Waals surface area (Å²) in [7, 11) is 0. The number of carbonyl (C=O) groups excluding carboxylic acids is 1. The van der Waals surface area contributed by atoms with Gasteiger partial charge in [0.25, 0.3) is 11.5 Å². The van der Waals surface area contributed by atoms with Gasteiger partial charge in [0.15, 0.2) is 5.69 Å². The average molecular weight is 433 g/mol. The van der Waals surface area contributed by atoms with Crippen molar-refractivity contribution in [1.82, 2.24) is 9.55 Å². The molecule has 3 rings (SSSR count). The lowest BCUT2D eigenvalue weighted by Gasteiger charge is -2.26. The maximum atomic E-state index is 13.6. The van der Waals surface area contributed by atoms with Crippen LogP contribution in [0.15, 0.2) is 15.0 Å². The molecule has 0 unspecified atom stereocenters. The minimum absolute atomic E-state index is 0.0680. The van der Waals surface area contributed by atoms with Gasteiger partial charge in [0.2, 0.25) is 0 Å². The van der Waals surface area contributed by atoms with E-state index in [-0.39, 0.29) is 17.4 Å². The lowest BCUT2D eigenvalue weighted by molar-refractivity contribution is 0.0985. The van der Waals surface area contributed by atoms with E-state index < -0.39 is 11.2 Å². The molecular formula is C22H32N4O3S. The topological polar surface area (TPSA) is 101 Å². The van der Waals surface area contributed by atoms with Gasteiger partial charge in [-0.1, -0.05) is 27.2 Å².